The number of carbonyl (C=O) groups excluding carboxylic acids is 2. The number of fused-ring (bicyclic) bond motifs is 1. The van der Waals surface area contributed by atoms with Crippen molar-refractivity contribution in [1.82, 2.24) is 4.98 Å². The van der Waals surface area contributed by atoms with Crippen molar-refractivity contribution in [2.45, 2.75) is 6.04 Å². The number of hydrogen-bond donors (Lipinski definition) is 1. The van der Waals surface area contributed by atoms with Gasteiger partial charge in [0, 0.05) is 33.5 Å². The predicted octanol–water partition coefficient (Wildman–Crippen LogP) is 5.92. The molecule has 3 heterocycles. The highest BCUT2D eigenvalue weighted by molar-refractivity contribution is 6.31. The Morgan fingerprint density at radius 2 is 1.78 bits per heavy atom. The first-order chi connectivity index (χ1) is 15.4. The smallest absolute Gasteiger partial charge is 0.294 e. The van der Waals surface area contributed by atoms with Gasteiger partial charge in [0.2, 0.25) is 5.78 Å². The van der Waals surface area contributed by atoms with Crippen LogP contribution >= 0.6 is 23.2 Å². The van der Waals surface area contributed by atoms with Gasteiger partial charge in [-0.15, -0.1) is 0 Å². The number of amides is 1. The maximum absolute atomic E-state index is 13.5. The topological polar surface area (TPSA) is 83.6 Å². The normalized spacial score (nSPS) is 16.2. The SMILES string of the molecule is O=C(C1=C(O)C(=O)N(c2ccc(Cl)cc2)C1c1cccnc1)c1cc2cc(Cl)ccc2o1. The molecule has 158 valence electrons. The molecule has 8 heteroatoms. The first-order valence-corrected chi connectivity index (χ1v) is 10.4. The third kappa shape index (κ3) is 3.34. The van der Waals surface area contributed by atoms with Crippen LogP contribution in [0.25, 0.3) is 11.0 Å². The lowest BCUT2D eigenvalue weighted by atomic mass is 9.96. The average Bonchev–Trinajstić information content (AvgIpc) is 3.33. The van der Waals surface area contributed by atoms with Crippen LogP contribution in [0, 0.1) is 0 Å². The molecule has 0 radical (unpaired) electrons. The highest BCUT2D eigenvalue weighted by atomic mass is 35.5. The summed E-state index contributed by atoms with van der Waals surface area (Å²) in [5.74, 6) is -1.96. The molecule has 1 unspecified atom stereocenters. The number of aliphatic hydroxyl groups excluding tert-OH is 1. The van der Waals surface area contributed by atoms with Gasteiger partial charge >= 0.3 is 0 Å². The molecule has 2 aromatic heterocycles. The van der Waals surface area contributed by atoms with Crippen molar-refractivity contribution >= 4 is 51.5 Å². The van der Waals surface area contributed by atoms with Crippen LogP contribution < -0.4 is 4.90 Å². The van der Waals surface area contributed by atoms with Crippen molar-refractivity contribution in [3.63, 3.8) is 0 Å². The summed E-state index contributed by atoms with van der Waals surface area (Å²) in [7, 11) is 0. The Hall–Kier alpha value is -3.61. The summed E-state index contributed by atoms with van der Waals surface area (Å²) in [6.07, 6.45) is 3.13. The van der Waals surface area contributed by atoms with Gasteiger partial charge in [0.1, 0.15) is 5.58 Å². The van der Waals surface area contributed by atoms with E-state index < -0.39 is 23.5 Å². The number of furan rings is 1. The van der Waals surface area contributed by atoms with Crippen molar-refractivity contribution in [3.8, 4) is 0 Å². The van der Waals surface area contributed by atoms with Gasteiger partial charge in [0.05, 0.1) is 11.6 Å². The van der Waals surface area contributed by atoms with Gasteiger partial charge in [-0.05, 0) is 60.2 Å². The quantitative estimate of drug-likeness (QED) is 0.379. The molecular weight excluding hydrogens is 451 g/mol. The van der Waals surface area contributed by atoms with Gasteiger partial charge in [-0.3, -0.25) is 19.5 Å². The van der Waals surface area contributed by atoms with E-state index in [0.29, 0.717) is 32.3 Å². The monoisotopic (exact) mass is 464 g/mol. The molecular formula is C24H14Cl2N2O4. The zero-order valence-electron chi connectivity index (χ0n) is 16.3. The number of aromatic nitrogens is 1. The number of ketones is 1. The summed E-state index contributed by atoms with van der Waals surface area (Å²) in [5, 5.41) is 12.4. The van der Waals surface area contributed by atoms with Crippen LogP contribution in [-0.2, 0) is 4.79 Å². The number of pyridine rings is 1. The number of benzene rings is 2. The second-order valence-electron chi connectivity index (χ2n) is 7.22. The van der Waals surface area contributed by atoms with Crippen molar-refractivity contribution in [2.24, 2.45) is 0 Å². The molecule has 1 atom stereocenters. The minimum atomic E-state index is -0.901. The van der Waals surface area contributed by atoms with E-state index in [0.717, 1.165) is 0 Å². The maximum atomic E-state index is 13.5. The van der Waals surface area contributed by atoms with Crippen molar-refractivity contribution < 1.29 is 19.1 Å². The van der Waals surface area contributed by atoms with E-state index in [2.05, 4.69) is 4.98 Å². The number of rotatable bonds is 4. The first-order valence-electron chi connectivity index (χ1n) is 9.60. The molecule has 0 fully saturated rings. The van der Waals surface area contributed by atoms with E-state index in [1.807, 2.05) is 0 Å². The molecule has 0 aliphatic carbocycles. The molecule has 2 aromatic carbocycles. The molecule has 1 amide bonds. The summed E-state index contributed by atoms with van der Waals surface area (Å²) in [5.41, 5.74) is 1.40. The van der Waals surface area contributed by atoms with Gasteiger partial charge in [0.15, 0.2) is 11.5 Å². The summed E-state index contributed by atoms with van der Waals surface area (Å²) in [6, 6.07) is 15.6. The number of aliphatic hydroxyl groups is 1. The summed E-state index contributed by atoms with van der Waals surface area (Å²) >= 11 is 12.0. The number of Topliss-reactive ketones (excluding diaryl/α,β-unsaturated/α-hetero) is 1. The number of anilines is 1. The highest BCUT2D eigenvalue weighted by Crippen LogP contribution is 2.42. The zero-order valence-corrected chi connectivity index (χ0v) is 17.8. The van der Waals surface area contributed by atoms with Crippen LogP contribution in [-0.4, -0.2) is 21.8 Å². The Morgan fingerprint density at radius 1 is 1.03 bits per heavy atom. The Bertz CT molecular complexity index is 1390. The Labute approximate surface area is 192 Å². The minimum absolute atomic E-state index is 0.0107. The van der Waals surface area contributed by atoms with Crippen molar-refractivity contribution in [1.29, 1.82) is 0 Å². The van der Waals surface area contributed by atoms with Crippen LogP contribution in [0.3, 0.4) is 0 Å². The van der Waals surface area contributed by atoms with Gasteiger partial charge in [-0.25, -0.2) is 0 Å². The number of halogens is 2. The lowest BCUT2D eigenvalue weighted by Crippen LogP contribution is -2.31. The van der Waals surface area contributed by atoms with Crippen LogP contribution in [0.1, 0.15) is 22.2 Å². The van der Waals surface area contributed by atoms with E-state index in [4.69, 9.17) is 27.6 Å². The predicted molar refractivity (Wildman–Crippen MR) is 121 cm³/mol. The highest BCUT2D eigenvalue weighted by Gasteiger charge is 2.45. The Balaban J connectivity index is 1.65. The minimum Gasteiger partial charge on any atom is -0.503 e. The summed E-state index contributed by atoms with van der Waals surface area (Å²) in [4.78, 5) is 32.1. The van der Waals surface area contributed by atoms with Crippen molar-refractivity contribution in [3.05, 3.63) is 106 Å². The lowest BCUT2D eigenvalue weighted by Gasteiger charge is -2.26. The second kappa shape index (κ2) is 7.82. The molecule has 0 spiro atoms. The molecule has 1 aliphatic rings. The first kappa shape index (κ1) is 20.3. The van der Waals surface area contributed by atoms with Crippen LogP contribution in [0.2, 0.25) is 10.0 Å². The van der Waals surface area contributed by atoms with E-state index >= 15 is 0 Å². The zero-order chi connectivity index (χ0) is 22.4. The second-order valence-corrected chi connectivity index (χ2v) is 8.10. The largest absolute Gasteiger partial charge is 0.503 e. The van der Waals surface area contributed by atoms with E-state index in [9.17, 15) is 14.7 Å². The third-order valence-electron chi connectivity index (χ3n) is 5.26. The van der Waals surface area contributed by atoms with Crippen LogP contribution in [0.5, 0.6) is 0 Å². The van der Waals surface area contributed by atoms with Crippen LogP contribution in [0.4, 0.5) is 5.69 Å². The van der Waals surface area contributed by atoms with Crippen molar-refractivity contribution in [2.75, 3.05) is 4.90 Å². The fourth-order valence-corrected chi connectivity index (χ4v) is 4.12. The maximum Gasteiger partial charge on any atom is 0.294 e. The van der Waals surface area contributed by atoms with Crippen LogP contribution in [0.15, 0.2) is 88.8 Å². The van der Waals surface area contributed by atoms with E-state index in [1.165, 1.54) is 4.90 Å². The van der Waals surface area contributed by atoms with E-state index in [-0.39, 0.29) is 11.3 Å². The average molecular weight is 465 g/mol. The molecule has 5 rings (SSSR count). The van der Waals surface area contributed by atoms with Gasteiger partial charge in [-0.1, -0.05) is 29.3 Å². The van der Waals surface area contributed by atoms with Gasteiger partial charge in [0.25, 0.3) is 5.91 Å². The molecule has 0 saturated heterocycles. The number of nitrogens with zero attached hydrogens (tertiary/aromatic N) is 2. The molecule has 0 saturated carbocycles. The van der Waals surface area contributed by atoms with Gasteiger partial charge in [-0.2, -0.15) is 0 Å². The fourth-order valence-electron chi connectivity index (χ4n) is 3.82. The number of carbonyl (C=O) groups is 2. The lowest BCUT2D eigenvalue weighted by molar-refractivity contribution is -0.117. The Morgan fingerprint density at radius 3 is 2.50 bits per heavy atom. The Kier molecular flexibility index (Phi) is 4.96. The number of hydrogen-bond acceptors (Lipinski definition) is 5. The van der Waals surface area contributed by atoms with E-state index in [1.54, 1.807) is 73.1 Å². The van der Waals surface area contributed by atoms with Gasteiger partial charge < -0.3 is 9.52 Å². The molecule has 1 N–H and O–H groups in total. The summed E-state index contributed by atoms with van der Waals surface area (Å²) in [6.45, 7) is 0. The molecule has 4 aromatic rings. The summed E-state index contributed by atoms with van der Waals surface area (Å²) < 4.78 is 5.71. The molecule has 32 heavy (non-hydrogen) atoms. The molecule has 6 nitrogen and oxygen atoms in total. The standard InChI is InChI=1S/C24H14Cl2N2O4/c25-15-3-6-17(7-4-15)28-21(13-2-1-9-27-12-13)20(23(30)24(28)31)22(29)19-11-14-10-16(26)5-8-18(14)32-19/h1-12,21,30H. The molecule has 1 aliphatic heterocycles. The fraction of sp³-hybridized carbons (Fsp3) is 0.0417. The molecule has 0 bridgehead atoms. The third-order valence-corrected chi connectivity index (χ3v) is 5.75.